The van der Waals surface area contributed by atoms with Crippen LogP contribution in [0.15, 0.2) is 22.7 Å². The molecule has 0 spiro atoms. The van der Waals surface area contributed by atoms with Gasteiger partial charge in [-0.15, -0.1) is 0 Å². The van der Waals surface area contributed by atoms with Gasteiger partial charge in [0.15, 0.2) is 0 Å². The molecule has 3 heteroatoms. The first-order valence-electron chi connectivity index (χ1n) is 5.66. The Bertz CT molecular complexity index is 374. The van der Waals surface area contributed by atoms with Crippen LogP contribution in [0, 0.1) is 6.92 Å². The molecular weight excluding hydrogens is 282 g/mol. The largest absolute Gasteiger partial charge is 0.311 e. The Morgan fingerprint density at radius 1 is 1.44 bits per heavy atom. The van der Waals surface area contributed by atoms with Crippen molar-refractivity contribution in [1.82, 2.24) is 5.32 Å². The van der Waals surface area contributed by atoms with E-state index in [2.05, 4.69) is 52.6 Å². The fourth-order valence-corrected chi connectivity index (χ4v) is 2.85. The van der Waals surface area contributed by atoms with Crippen molar-refractivity contribution < 1.29 is 0 Å². The monoisotopic (exact) mass is 299 g/mol. The molecule has 0 saturated heterocycles. The lowest BCUT2D eigenvalue weighted by Crippen LogP contribution is -2.25. The van der Waals surface area contributed by atoms with Crippen molar-refractivity contribution in [2.24, 2.45) is 0 Å². The average molecular weight is 300 g/mol. The van der Waals surface area contributed by atoms with Crippen molar-refractivity contribution in [2.45, 2.75) is 31.1 Å². The smallest absolute Gasteiger partial charge is 0.0282 e. The predicted molar refractivity (Wildman–Crippen MR) is 76.1 cm³/mol. The Morgan fingerprint density at radius 3 is 2.75 bits per heavy atom. The van der Waals surface area contributed by atoms with Crippen molar-refractivity contribution in [3.8, 4) is 0 Å². The Hall–Kier alpha value is 0.01000. The van der Waals surface area contributed by atoms with Gasteiger partial charge in [0.25, 0.3) is 0 Å². The van der Waals surface area contributed by atoms with E-state index in [-0.39, 0.29) is 0 Å². The van der Waals surface area contributed by atoms with E-state index in [4.69, 9.17) is 0 Å². The van der Waals surface area contributed by atoms with Crippen molar-refractivity contribution in [1.29, 1.82) is 0 Å². The molecule has 1 fully saturated rings. The standard InChI is InChI=1S/C13H18BrNS/c1-10-7-11(3-4-12(10)14)8-15-9-13(16-2)5-6-13/h3-4,7,15H,5-6,8-9H2,1-2H3. The Balaban J connectivity index is 1.83. The maximum absolute atomic E-state index is 3.57. The van der Waals surface area contributed by atoms with Crippen molar-refractivity contribution >= 4 is 27.7 Å². The molecule has 0 bridgehead atoms. The van der Waals surface area contributed by atoms with Crippen LogP contribution in [0.25, 0.3) is 0 Å². The number of aryl methyl sites for hydroxylation is 1. The predicted octanol–water partition coefficient (Wildman–Crippen LogP) is 3.74. The molecule has 0 amide bonds. The van der Waals surface area contributed by atoms with E-state index >= 15 is 0 Å². The maximum Gasteiger partial charge on any atom is 0.0282 e. The summed E-state index contributed by atoms with van der Waals surface area (Å²) >= 11 is 5.54. The van der Waals surface area contributed by atoms with Crippen LogP contribution in [-0.2, 0) is 6.54 Å². The first-order valence-corrected chi connectivity index (χ1v) is 7.68. The van der Waals surface area contributed by atoms with Gasteiger partial charge >= 0.3 is 0 Å². The number of benzene rings is 1. The van der Waals surface area contributed by atoms with Gasteiger partial charge in [-0.3, -0.25) is 0 Å². The van der Waals surface area contributed by atoms with Crippen LogP contribution in [0.3, 0.4) is 0 Å². The minimum Gasteiger partial charge on any atom is -0.311 e. The van der Waals surface area contributed by atoms with Gasteiger partial charge in [0.2, 0.25) is 0 Å². The molecule has 1 aliphatic rings. The van der Waals surface area contributed by atoms with Gasteiger partial charge in [-0.2, -0.15) is 11.8 Å². The first-order chi connectivity index (χ1) is 7.65. The third kappa shape index (κ3) is 3.02. The molecule has 1 aromatic rings. The number of hydrogen-bond donors (Lipinski definition) is 1. The highest BCUT2D eigenvalue weighted by atomic mass is 79.9. The van der Waals surface area contributed by atoms with Crippen LogP contribution in [-0.4, -0.2) is 17.5 Å². The lowest BCUT2D eigenvalue weighted by molar-refractivity contribution is 0.663. The third-order valence-electron chi connectivity index (χ3n) is 3.24. The van der Waals surface area contributed by atoms with Crippen LogP contribution in [0.5, 0.6) is 0 Å². The van der Waals surface area contributed by atoms with Gasteiger partial charge in [-0.25, -0.2) is 0 Å². The van der Waals surface area contributed by atoms with E-state index in [1.54, 1.807) is 0 Å². The van der Waals surface area contributed by atoms with Crippen LogP contribution in [0.1, 0.15) is 24.0 Å². The molecule has 16 heavy (non-hydrogen) atoms. The molecule has 0 aliphatic heterocycles. The van der Waals surface area contributed by atoms with Crippen LogP contribution < -0.4 is 5.32 Å². The van der Waals surface area contributed by atoms with E-state index in [0.717, 1.165) is 13.1 Å². The fraction of sp³-hybridized carbons (Fsp3) is 0.538. The topological polar surface area (TPSA) is 12.0 Å². The molecule has 0 aromatic heterocycles. The summed E-state index contributed by atoms with van der Waals surface area (Å²) in [6, 6.07) is 6.56. The Kier molecular flexibility index (Phi) is 3.98. The highest BCUT2D eigenvalue weighted by Crippen LogP contribution is 2.46. The number of rotatable bonds is 5. The molecule has 0 atom stereocenters. The van der Waals surface area contributed by atoms with E-state index < -0.39 is 0 Å². The van der Waals surface area contributed by atoms with E-state index in [1.807, 2.05) is 11.8 Å². The fourth-order valence-electron chi connectivity index (χ4n) is 1.84. The zero-order valence-electron chi connectivity index (χ0n) is 9.85. The summed E-state index contributed by atoms with van der Waals surface area (Å²) in [6.45, 7) is 4.26. The molecule has 0 unspecified atom stereocenters. The maximum atomic E-state index is 3.57. The summed E-state index contributed by atoms with van der Waals surface area (Å²) in [5, 5.41) is 3.57. The van der Waals surface area contributed by atoms with Crippen LogP contribution >= 0.6 is 27.7 Å². The van der Waals surface area contributed by atoms with Gasteiger partial charge in [-0.1, -0.05) is 28.1 Å². The highest BCUT2D eigenvalue weighted by molar-refractivity contribution is 9.10. The Morgan fingerprint density at radius 2 is 2.19 bits per heavy atom. The second-order valence-electron chi connectivity index (χ2n) is 4.57. The molecule has 2 rings (SSSR count). The van der Waals surface area contributed by atoms with E-state index in [0.29, 0.717) is 4.75 Å². The molecule has 0 heterocycles. The molecule has 1 aromatic carbocycles. The van der Waals surface area contributed by atoms with E-state index in [9.17, 15) is 0 Å². The average Bonchev–Trinajstić information content (AvgIpc) is 3.04. The first kappa shape index (κ1) is 12.5. The number of thioether (sulfide) groups is 1. The van der Waals surface area contributed by atoms with Gasteiger partial charge in [0, 0.05) is 22.3 Å². The number of hydrogen-bond acceptors (Lipinski definition) is 2. The number of halogens is 1. The molecular formula is C13H18BrNS. The van der Waals surface area contributed by atoms with Gasteiger partial charge in [0.1, 0.15) is 0 Å². The minimum atomic E-state index is 0.560. The van der Waals surface area contributed by atoms with Crippen molar-refractivity contribution in [2.75, 3.05) is 12.8 Å². The second kappa shape index (κ2) is 5.11. The quantitative estimate of drug-likeness (QED) is 0.889. The molecule has 1 N–H and O–H groups in total. The third-order valence-corrected chi connectivity index (χ3v) is 5.55. The van der Waals surface area contributed by atoms with Gasteiger partial charge in [-0.05, 0) is 43.2 Å². The van der Waals surface area contributed by atoms with E-state index in [1.165, 1.54) is 28.4 Å². The SMILES string of the molecule is CSC1(CNCc2ccc(Br)c(C)c2)CC1. The van der Waals surface area contributed by atoms with Crippen LogP contribution in [0.4, 0.5) is 0 Å². The summed E-state index contributed by atoms with van der Waals surface area (Å²) in [5.74, 6) is 0. The number of nitrogens with one attached hydrogen (secondary N) is 1. The zero-order valence-corrected chi connectivity index (χ0v) is 12.2. The summed E-state index contributed by atoms with van der Waals surface area (Å²) in [5.41, 5.74) is 2.68. The minimum absolute atomic E-state index is 0.560. The molecule has 1 aliphatic carbocycles. The van der Waals surface area contributed by atoms with Crippen LogP contribution in [0.2, 0.25) is 0 Å². The zero-order chi connectivity index (χ0) is 11.6. The summed E-state index contributed by atoms with van der Waals surface area (Å²) in [4.78, 5) is 0. The Labute approximate surface area is 111 Å². The highest BCUT2D eigenvalue weighted by Gasteiger charge is 2.41. The summed E-state index contributed by atoms with van der Waals surface area (Å²) < 4.78 is 1.75. The van der Waals surface area contributed by atoms with Gasteiger partial charge < -0.3 is 5.32 Å². The second-order valence-corrected chi connectivity index (χ2v) is 6.70. The van der Waals surface area contributed by atoms with Gasteiger partial charge in [0.05, 0.1) is 0 Å². The molecule has 1 nitrogen and oxygen atoms in total. The molecule has 0 radical (unpaired) electrons. The van der Waals surface area contributed by atoms with Crippen molar-refractivity contribution in [3.63, 3.8) is 0 Å². The normalized spacial score (nSPS) is 17.4. The molecule has 1 saturated carbocycles. The lowest BCUT2D eigenvalue weighted by Gasteiger charge is -2.13. The molecule has 88 valence electrons. The summed E-state index contributed by atoms with van der Waals surface area (Å²) in [6.07, 6.45) is 4.97. The summed E-state index contributed by atoms with van der Waals surface area (Å²) in [7, 11) is 0. The lowest BCUT2D eigenvalue weighted by atomic mass is 10.1. The van der Waals surface area contributed by atoms with Crippen molar-refractivity contribution in [3.05, 3.63) is 33.8 Å².